The normalized spacial score (nSPS) is 13.2. The Morgan fingerprint density at radius 3 is 2.57 bits per heavy atom. The summed E-state index contributed by atoms with van der Waals surface area (Å²) in [6.07, 6.45) is -0.310. The van der Waals surface area contributed by atoms with Gasteiger partial charge in [0.1, 0.15) is 0 Å². The molecule has 0 fully saturated rings. The number of nitrogens with zero attached hydrogens (tertiary/aromatic N) is 1. The number of pyridine rings is 1. The molecule has 0 saturated heterocycles. The van der Waals surface area contributed by atoms with Crippen LogP contribution in [0.1, 0.15) is 25.1 Å². The third kappa shape index (κ3) is 5.10. The fourth-order valence-corrected chi connectivity index (χ4v) is 1.84. The molecule has 5 heteroatoms. The monoisotopic (exact) mass is 296 g/mol. The van der Waals surface area contributed by atoms with E-state index in [0.717, 1.165) is 17.3 Å². The zero-order valence-corrected chi connectivity index (χ0v) is 12.4. The molecule has 1 N–H and O–H groups in total. The fraction of sp³-hybridized carbons (Fsp3) is 0.312. The maximum absolute atomic E-state index is 13.0. The standard InChI is InChI=1S/C16H19F3N2/c1-5-14(16(17,18)19)15(9-11(2)3)21-10-13-7-6-8-20-12(13)4/h5-9,21H,2,10H2,1,3-4H3/b14-5+,15-9+. The van der Waals surface area contributed by atoms with Crippen LogP contribution in [-0.2, 0) is 6.54 Å². The minimum absolute atomic E-state index is 0.0146. The van der Waals surface area contributed by atoms with Gasteiger partial charge < -0.3 is 5.32 Å². The van der Waals surface area contributed by atoms with Crippen LogP contribution in [0.2, 0.25) is 0 Å². The quantitative estimate of drug-likeness (QED) is 0.812. The first kappa shape index (κ1) is 17.0. The van der Waals surface area contributed by atoms with Crippen molar-refractivity contribution in [3.05, 3.63) is 65.2 Å². The highest BCUT2D eigenvalue weighted by Crippen LogP contribution is 2.30. The molecule has 21 heavy (non-hydrogen) atoms. The number of aryl methyl sites for hydroxylation is 1. The molecule has 1 aromatic rings. The van der Waals surface area contributed by atoms with Gasteiger partial charge in [-0.15, -0.1) is 0 Å². The first-order chi connectivity index (χ1) is 9.75. The zero-order valence-electron chi connectivity index (χ0n) is 12.4. The average Bonchev–Trinajstić information content (AvgIpc) is 2.35. The number of nitrogens with one attached hydrogen (secondary N) is 1. The predicted molar refractivity (Wildman–Crippen MR) is 78.5 cm³/mol. The summed E-state index contributed by atoms with van der Waals surface area (Å²) in [6.45, 7) is 8.75. The van der Waals surface area contributed by atoms with Gasteiger partial charge in [0.2, 0.25) is 0 Å². The van der Waals surface area contributed by atoms with Crippen molar-refractivity contribution in [2.24, 2.45) is 0 Å². The Morgan fingerprint density at radius 2 is 2.10 bits per heavy atom. The number of allylic oxidation sites excluding steroid dienone is 4. The van der Waals surface area contributed by atoms with E-state index in [0.29, 0.717) is 5.57 Å². The van der Waals surface area contributed by atoms with Gasteiger partial charge in [0, 0.05) is 24.1 Å². The van der Waals surface area contributed by atoms with Gasteiger partial charge in [-0.25, -0.2) is 0 Å². The van der Waals surface area contributed by atoms with Gasteiger partial charge >= 0.3 is 6.18 Å². The van der Waals surface area contributed by atoms with Crippen LogP contribution < -0.4 is 5.32 Å². The Bertz CT molecular complexity index is 569. The van der Waals surface area contributed by atoms with E-state index in [1.54, 1.807) is 19.2 Å². The van der Waals surface area contributed by atoms with Gasteiger partial charge in [-0.05, 0) is 38.5 Å². The third-order valence-corrected chi connectivity index (χ3v) is 2.86. The second kappa shape index (κ2) is 7.11. The van der Waals surface area contributed by atoms with Crippen LogP contribution >= 0.6 is 0 Å². The molecule has 1 aromatic heterocycles. The summed E-state index contributed by atoms with van der Waals surface area (Å²) in [6, 6.07) is 3.59. The van der Waals surface area contributed by atoms with Crippen molar-refractivity contribution in [1.29, 1.82) is 0 Å². The van der Waals surface area contributed by atoms with Gasteiger partial charge in [0.15, 0.2) is 0 Å². The Balaban J connectivity index is 3.01. The van der Waals surface area contributed by atoms with Crippen molar-refractivity contribution in [2.45, 2.75) is 33.5 Å². The topological polar surface area (TPSA) is 24.9 Å². The molecule has 0 aliphatic carbocycles. The van der Waals surface area contributed by atoms with Crippen molar-refractivity contribution in [3.63, 3.8) is 0 Å². The highest BCUT2D eigenvalue weighted by molar-refractivity contribution is 5.38. The molecule has 0 amide bonds. The van der Waals surface area contributed by atoms with Crippen molar-refractivity contribution < 1.29 is 13.2 Å². The molecule has 0 bridgehead atoms. The molecular formula is C16H19F3N2. The van der Waals surface area contributed by atoms with Crippen molar-refractivity contribution in [2.75, 3.05) is 0 Å². The summed E-state index contributed by atoms with van der Waals surface area (Å²) in [7, 11) is 0. The summed E-state index contributed by atoms with van der Waals surface area (Å²) in [5.74, 6) is 0. The highest BCUT2D eigenvalue weighted by atomic mass is 19.4. The van der Waals surface area contributed by atoms with Crippen molar-refractivity contribution in [1.82, 2.24) is 10.3 Å². The summed E-state index contributed by atoms with van der Waals surface area (Å²) in [5, 5.41) is 2.84. The minimum Gasteiger partial charge on any atom is -0.380 e. The number of rotatable bonds is 5. The molecule has 1 heterocycles. The van der Waals surface area contributed by atoms with Crippen LogP contribution in [0.4, 0.5) is 13.2 Å². The van der Waals surface area contributed by atoms with E-state index >= 15 is 0 Å². The predicted octanol–water partition coefficient (Wildman–Crippen LogP) is 4.45. The largest absolute Gasteiger partial charge is 0.418 e. The smallest absolute Gasteiger partial charge is 0.380 e. The molecular weight excluding hydrogens is 277 g/mol. The molecule has 0 aromatic carbocycles. The summed E-state index contributed by atoms with van der Waals surface area (Å²) in [5.41, 5.74) is 1.49. The first-order valence-electron chi connectivity index (χ1n) is 6.51. The zero-order chi connectivity index (χ0) is 16.0. The van der Waals surface area contributed by atoms with Crippen molar-refractivity contribution in [3.8, 4) is 0 Å². The first-order valence-corrected chi connectivity index (χ1v) is 6.51. The lowest BCUT2D eigenvalue weighted by Crippen LogP contribution is -2.23. The second-order valence-electron chi connectivity index (χ2n) is 4.71. The van der Waals surface area contributed by atoms with Gasteiger partial charge in [-0.3, -0.25) is 4.98 Å². The lowest BCUT2D eigenvalue weighted by molar-refractivity contribution is -0.0900. The summed E-state index contributed by atoms with van der Waals surface area (Å²) in [4.78, 5) is 4.12. The van der Waals surface area contributed by atoms with Gasteiger partial charge in [-0.1, -0.05) is 24.3 Å². The van der Waals surface area contributed by atoms with Gasteiger partial charge in [0.25, 0.3) is 0 Å². The molecule has 114 valence electrons. The van der Waals surface area contributed by atoms with Crippen LogP contribution in [0, 0.1) is 6.92 Å². The van der Waals surface area contributed by atoms with E-state index in [2.05, 4.69) is 16.9 Å². The fourth-order valence-electron chi connectivity index (χ4n) is 1.84. The Labute approximate surface area is 123 Å². The number of aromatic nitrogens is 1. The second-order valence-corrected chi connectivity index (χ2v) is 4.71. The molecule has 0 radical (unpaired) electrons. The number of hydrogen-bond donors (Lipinski definition) is 1. The maximum Gasteiger partial charge on any atom is 0.418 e. The Hall–Kier alpha value is -2.04. The highest BCUT2D eigenvalue weighted by Gasteiger charge is 2.35. The average molecular weight is 296 g/mol. The van der Waals surface area contributed by atoms with E-state index in [1.807, 2.05) is 13.0 Å². The molecule has 0 atom stereocenters. The van der Waals surface area contributed by atoms with E-state index in [-0.39, 0.29) is 12.2 Å². The number of hydrogen-bond acceptors (Lipinski definition) is 2. The van der Waals surface area contributed by atoms with E-state index in [9.17, 15) is 13.2 Å². The molecule has 2 nitrogen and oxygen atoms in total. The molecule has 1 rings (SSSR count). The van der Waals surface area contributed by atoms with E-state index in [1.165, 1.54) is 13.0 Å². The van der Waals surface area contributed by atoms with Crippen molar-refractivity contribution >= 4 is 0 Å². The number of halogens is 3. The third-order valence-electron chi connectivity index (χ3n) is 2.86. The molecule has 0 unspecified atom stereocenters. The lowest BCUT2D eigenvalue weighted by Gasteiger charge is -2.18. The van der Waals surface area contributed by atoms with Gasteiger partial charge in [-0.2, -0.15) is 13.2 Å². The van der Waals surface area contributed by atoms with Crippen LogP contribution in [-0.4, -0.2) is 11.2 Å². The maximum atomic E-state index is 13.0. The molecule has 0 spiro atoms. The molecule has 0 saturated carbocycles. The van der Waals surface area contributed by atoms with E-state index in [4.69, 9.17) is 0 Å². The Kier molecular flexibility index (Phi) is 5.76. The van der Waals surface area contributed by atoms with Gasteiger partial charge in [0.05, 0.1) is 5.57 Å². The summed E-state index contributed by atoms with van der Waals surface area (Å²) >= 11 is 0. The van der Waals surface area contributed by atoms with Crippen LogP contribution in [0.5, 0.6) is 0 Å². The molecule has 0 aliphatic rings. The number of alkyl halides is 3. The van der Waals surface area contributed by atoms with Crippen LogP contribution in [0.25, 0.3) is 0 Å². The summed E-state index contributed by atoms with van der Waals surface area (Å²) < 4.78 is 39.1. The van der Waals surface area contributed by atoms with Crippen LogP contribution in [0.3, 0.4) is 0 Å². The Morgan fingerprint density at radius 1 is 1.43 bits per heavy atom. The molecule has 0 aliphatic heterocycles. The minimum atomic E-state index is -4.41. The van der Waals surface area contributed by atoms with Crippen LogP contribution in [0.15, 0.2) is 53.9 Å². The lowest BCUT2D eigenvalue weighted by atomic mass is 10.1. The SMILES string of the molecule is C=C(C)/C=C(NCc1cccnc1C)\C(=C/C)C(F)(F)F. The van der Waals surface area contributed by atoms with E-state index < -0.39 is 11.7 Å².